The van der Waals surface area contributed by atoms with Crippen LogP contribution in [0.3, 0.4) is 0 Å². The van der Waals surface area contributed by atoms with E-state index in [1.165, 1.54) is 4.88 Å². The monoisotopic (exact) mass is 183 g/mol. The lowest BCUT2D eigenvalue weighted by atomic mass is 9.97. The Hall–Kier alpha value is -0.410. The second-order valence-electron chi connectivity index (χ2n) is 3.65. The number of rotatable bonds is 0. The van der Waals surface area contributed by atoms with E-state index in [1.54, 1.807) is 16.7 Å². The minimum atomic E-state index is 0.0335. The van der Waals surface area contributed by atoms with Gasteiger partial charge in [-0.15, -0.1) is 11.3 Å². The zero-order valence-corrected chi connectivity index (χ0v) is 7.46. The van der Waals surface area contributed by atoms with Crippen molar-refractivity contribution in [2.24, 2.45) is 5.92 Å². The highest BCUT2D eigenvalue weighted by atomic mass is 32.1. The van der Waals surface area contributed by atoms with E-state index in [0.29, 0.717) is 11.8 Å². The summed E-state index contributed by atoms with van der Waals surface area (Å²) >= 11 is 1.59. The van der Waals surface area contributed by atoms with E-state index >= 15 is 0 Å². The van der Waals surface area contributed by atoms with Gasteiger partial charge in [0.1, 0.15) is 5.82 Å². The number of fused-ring (bicyclic) bond motifs is 3. The van der Waals surface area contributed by atoms with Crippen molar-refractivity contribution in [3.63, 3.8) is 0 Å². The maximum Gasteiger partial charge on any atom is 0.137 e. The molecule has 3 rings (SSSR count). The summed E-state index contributed by atoms with van der Waals surface area (Å²) in [7, 11) is 0. The Labute approximate surface area is 74.6 Å². The number of hydrogen-bond donors (Lipinski definition) is 1. The van der Waals surface area contributed by atoms with E-state index in [4.69, 9.17) is 0 Å². The molecule has 2 aliphatic rings. The molecule has 1 saturated heterocycles. The smallest absolute Gasteiger partial charge is 0.137 e. The Bertz CT molecular complexity index is 320. The molecule has 2 unspecified atom stereocenters. The second-order valence-corrected chi connectivity index (χ2v) is 4.61. The van der Waals surface area contributed by atoms with Gasteiger partial charge in [0.05, 0.1) is 0 Å². The topological polar surface area (TPSA) is 12.0 Å². The molecule has 64 valence electrons. The summed E-state index contributed by atoms with van der Waals surface area (Å²) in [5.41, 5.74) is 1.02. The van der Waals surface area contributed by atoms with Gasteiger partial charge in [-0.25, -0.2) is 4.39 Å². The van der Waals surface area contributed by atoms with Crippen LogP contribution in [0.15, 0.2) is 5.38 Å². The third-order valence-electron chi connectivity index (χ3n) is 3.02. The number of hydrogen-bond acceptors (Lipinski definition) is 2. The molecule has 1 aromatic heterocycles. The van der Waals surface area contributed by atoms with Crippen LogP contribution in [-0.2, 0) is 6.42 Å². The fourth-order valence-corrected chi connectivity index (χ4v) is 3.51. The fourth-order valence-electron chi connectivity index (χ4n) is 2.45. The molecule has 0 spiro atoms. The molecule has 2 heterocycles. The minimum Gasteiger partial charge on any atom is -0.316 e. The summed E-state index contributed by atoms with van der Waals surface area (Å²) in [6, 6.07) is 0. The van der Waals surface area contributed by atoms with Gasteiger partial charge in [0.2, 0.25) is 0 Å². The lowest BCUT2D eigenvalue weighted by Crippen LogP contribution is -2.09. The van der Waals surface area contributed by atoms with Crippen molar-refractivity contribution in [3.05, 3.63) is 21.6 Å². The number of halogens is 1. The molecule has 12 heavy (non-hydrogen) atoms. The van der Waals surface area contributed by atoms with E-state index in [2.05, 4.69) is 5.32 Å². The molecule has 0 radical (unpaired) electrons. The number of thiophene rings is 1. The minimum absolute atomic E-state index is 0.0335. The van der Waals surface area contributed by atoms with Crippen molar-refractivity contribution in [3.8, 4) is 0 Å². The van der Waals surface area contributed by atoms with E-state index in [9.17, 15) is 4.39 Å². The van der Waals surface area contributed by atoms with Gasteiger partial charge in [0.15, 0.2) is 0 Å². The van der Waals surface area contributed by atoms with Crippen LogP contribution in [0.1, 0.15) is 16.4 Å². The van der Waals surface area contributed by atoms with Gasteiger partial charge < -0.3 is 5.32 Å². The fraction of sp³-hybridized carbons (Fsp3) is 0.556. The molecule has 3 heteroatoms. The summed E-state index contributed by atoms with van der Waals surface area (Å²) in [6.45, 7) is 2.05. The van der Waals surface area contributed by atoms with E-state index < -0.39 is 0 Å². The van der Waals surface area contributed by atoms with Gasteiger partial charge in [-0.05, 0) is 18.9 Å². The summed E-state index contributed by atoms with van der Waals surface area (Å²) in [6.07, 6.45) is 1.10. The van der Waals surface area contributed by atoms with Crippen LogP contribution in [0.2, 0.25) is 0 Å². The molecule has 1 aromatic rings. The highest BCUT2D eigenvalue weighted by Crippen LogP contribution is 2.44. The van der Waals surface area contributed by atoms with Crippen molar-refractivity contribution in [1.29, 1.82) is 0 Å². The average Bonchev–Trinajstić information content (AvgIpc) is 2.61. The van der Waals surface area contributed by atoms with Gasteiger partial charge in [0, 0.05) is 28.3 Å². The van der Waals surface area contributed by atoms with Crippen LogP contribution in [0, 0.1) is 11.7 Å². The Morgan fingerprint density at radius 1 is 1.50 bits per heavy atom. The Morgan fingerprint density at radius 2 is 2.42 bits per heavy atom. The largest absolute Gasteiger partial charge is 0.316 e. The first-order chi connectivity index (χ1) is 5.86. The average molecular weight is 183 g/mol. The predicted octanol–water partition coefficient (Wildman–Crippen LogP) is 1.75. The molecule has 1 aliphatic carbocycles. The van der Waals surface area contributed by atoms with Gasteiger partial charge in [0.25, 0.3) is 0 Å². The Balaban J connectivity index is 2.11. The van der Waals surface area contributed by atoms with Crippen LogP contribution in [0.25, 0.3) is 0 Å². The SMILES string of the molecule is Fc1csc2c1C1CNCC1C2. The van der Waals surface area contributed by atoms with Crippen LogP contribution < -0.4 is 5.32 Å². The van der Waals surface area contributed by atoms with Crippen molar-refractivity contribution < 1.29 is 4.39 Å². The molecule has 0 bridgehead atoms. The third kappa shape index (κ3) is 0.756. The maximum atomic E-state index is 13.3. The summed E-state index contributed by atoms with van der Waals surface area (Å²) in [5.74, 6) is 1.19. The highest BCUT2D eigenvalue weighted by Gasteiger charge is 2.38. The van der Waals surface area contributed by atoms with E-state index in [0.717, 1.165) is 25.1 Å². The molecule has 0 aromatic carbocycles. The first-order valence-corrected chi connectivity index (χ1v) is 5.20. The molecule has 2 atom stereocenters. The summed E-state index contributed by atoms with van der Waals surface area (Å²) < 4.78 is 13.3. The lowest BCUT2D eigenvalue weighted by Gasteiger charge is -2.06. The molecular formula is C9H10FNS. The van der Waals surface area contributed by atoms with Gasteiger partial charge in [-0.2, -0.15) is 0 Å². The Kier molecular flexibility index (Phi) is 1.35. The molecular weight excluding hydrogens is 173 g/mol. The zero-order valence-electron chi connectivity index (χ0n) is 6.64. The van der Waals surface area contributed by atoms with Gasteiger partial charge >= 0.3 is 0 Å². The normalized spacial score (nSPS) is 32.1. The second kappa shape index (κ2) is 2.30. The van der Waals surface area contributed by atoms with Gasteiger partial charge in [-0.1, -0.05) is 0 Å². The third-order valence-corrected chi connectivity index (χ3v) is 4.02. The lowest BCUT2D eigenvalue weighted by molar-refractivity contribution is 0.540. The molecule has 0 saturated carbocycles. The van der Waals surface area contributed by atoms with Crippen LogP contribution in [0.5, 0.6) is 0 Å². The Morgan fingerprint density at radius 3 is 3.33 bits per heavy atom. The molecule has 1 N–H and O–H groups in total. The van der Waals surface area contributed by atoms with Crippen LogP contribution >= 0.6 is 11.3 Å². The highest BCUT2D eigenvalue weighted by molar-refractivity contribution is 7.10. The summed E-state index contributed by atoms with van der Waals surface area (Å²) in [5, 5.41) is 4.97. The first kappa shape index (κ1) is 7.04. The molecule has 1 aliphatic heterocycles. The first-order valence-electron chi connectivity index (χ1n) is 4.32. The number of nitrogens with one attached hydrogen (secondary N) is 1. The van der Waals surface area contributed by atoms with Gasteiger partial charge in [-0.3, -0.25) is 0 Å². The molecule has 0 amide bonds. The van der Waals surface area contributed by atoms with Crippen molar-refractivity contribution in [2.45, 2.75) is 12.3 Å². The summed E-state index contributed by atoms with van der Waals surface area (Å²) in [4.78, 5) is 1.30. The predicted molar refractivity (Wildman–Crippen MR) is 47.1 cm³/mol. The van der Waals surface area contributed by atoms with Crippen molar-refractivity contribution in [1.82, 2.24) is 5.32 Å². The van der Waals surface area contributed by atoms with Crippen LogP contribution in [0.4, 0.5) is 4.39 Å². The maximum absolute atomic E-state index is 13.3. The van der Waals surface area contributed by atoms with Crippen molar-refractivity contribution >= 4 is 11.3 Å². The van der Waals surface area contributed by atoms with Crippen LogP contribution in [-0.4, -0.2) is 13.1 Å². The molecule has 1 nitrogen and oxygen atoms in total. The quantitative estimate of drug-likeness (QED) is 0.646. The van der Waals surface area contributed by atoms with E-state index in [1.807, 2.05) is 0 Å². The van der Waals surface area contributed by atoms with Crippen molar-refractivity contribution in [2.75, 3.05) is 13.1 Å². The van der Waals surface area contributed by atoms with E-state index in [-0.39, 0.29) is 5.82 Å². The zero-order chi connectivity index (χ0) is 8.13. The molecule has 1 fully saturated rings. The standard InChI is InChI=1S/C9H10FNS/c10-7-4-12-8-1-5-2-11-3-6(5)9(7)8/h4-6,11H,1-3H2.